The van der Waals surface area contributed by atoms with E-state index in [0.29, 0.717) is 27.2 Å². The summed E-state index contributed by atoms with van der Waals surface area (Å²) in [6.07, 6.45) is 0.701. The molecule has 0 radical (unpaired) electrons. The van der Waals surface area contributed by atoms with Gasteiger partial charge in [-0.1, -0.05) is 30.3 Å². The van der Waals surface area contributed by atoms with Gasteiger partial charge in [-0.3, -0.25) is 14.2 Å². The predicted octanol–water partition coefficient (Wildman–Crippen LogP) is 3.14. The van der Waals surface area contributed by atoms with Gasteiger partial charge in [-0.05, 0) is 38.3 Å². The largest absolute Gasteiger partial charge is 0.448 e. The molecule has 0 fully saturated rings. The van der Waals surface area contributed by atoms with E-state index >= 15 is 0 Å². The molecule has 2 aromatic heterocycles. The molecule has 0 bridgehead atoms. The molecule has 2 atom stereocenters. The molecule has 0 saturated heterocycles. The van der Waals surface area contributed by atoms with E-state index in [1.54, 1.807) is 11.5 Å². The average Bonchev–Trinajstić information content (AvgIpc) is 3.33. The van der Waals surface area contributed by atoms with Crippen LogP contribution in [0.4, 0.5) is 0 Å². The number of nitrogens with zero attached hydrogens (tertiary/aromatic N) is 2. The second kappa shape index (κ2) is 8.02. The Bertz CT molecular complexity index is 1180. The van der Waals surface area contributed by atoms with Crippen molar-refractivity contribution in [3.05, 3.63) is 62.5 Å². The van der Waals surface area contributed by atoms with E-state index in [9.17, 15) is 14.4 Å². The molecule has 1 aliphatic heterocycles. The van der Waals surface area contributed by atoms with Crippen molar-refractivity contribution >= 4 is 33.4 Å². The number of rotatable bonds is 5. The van der Waals surface area contributed by atoms with Crippen LogP contribution in [0.5, 0.6) is 0 Å². The van der Waals surface area contributed by atoms with Crippen LogP contribution >= 0.6 is 11.3 Å². The zero-order valence-electron chi connectivity index (χ0n) is 17.1. The van der Waals surface area contributed by atoms with Crippen LogP contribution in [0.2, 0.25) is 0 Å². The van der Waals surface area contributed by atoms with Crippen molar-refractivity contribution in [1.82, 2.24) is 14.9 Å². The lowest BCUT2D eigenvalue weighted by atomic mass is 10.1. The third-order valence-corrected chi connectivity index (χ3v) is 6.57. The zero-order chi connectivity index (χ0) is 21.4. The second-order valence-corrected chi connectivity index (χ2v) is 8.51. The Balaban J connectivity index is 1.50. The van der Waals surface area contributed by atoms with Crippen LogP contribution in [0.15, 0.2) is 35.1 Å². The summed E-state index contributed by atoms with van der Waals surface area (Å²) in [5.41, 5.74) is 1.41. The normalized spacial score (nSPS) is 14.9. The van der Waals surface area contributed by atoms with Crippen LogP contribution in [0.3, 0.4) is 0 Å². The number of thiophene rings is 1. The van der Waals surface area contributed by atoms with E-state index in [4.69, 9.17) is 4.74 Å². The minimum Gasteiger partial charge on any atom is -0.448 e. The van der Waals surface area contributed by atoms with Crippen molar-refractivity contribution in [1.29, 1.82) is 0 Å². The highest BCUT2D eigenvalue weighted by Crippen LogP contribution is 2.29. The fourth-order valence-electron chi connectivity index (χ4n) is 3.69. The van der Waals surface area contributed by atoms with Crippen molar-refractivity contribution in [3.63, 3.8) is 0 Å². The summed E-state index contributed by atoms with van der Waals surface area (Å²) in [5.74, 6) is -0.234. The van der Waals surface area contributed by atoms with Gasteiger partial charge in [-0.15, -0.1) is 11.3 Å². The fraction of sp³-hybridized carbons (Fsp3) is 0.364. The maximum atomic E-state index is 12.8. The number of amides is 1. The van der Waals surface area contributed by atoms with Crippen LogP contribution in [0, 0.1) is 6.92 Å². The van der Waals surface area contributed by atoms with Gasteiger partial charge < -0.3 is 10.1 Å². The first-order valence-electron chi connectivity index (χ1n) is 9.96. The lowest BCUT2D eigenvalue weighted by Gasteiger charge is -2.18. The standard InChI is InChI=1S/C22H23N3O4S/c1-12-17-20(24-16-10-7-11-25(16)21(17)27)30-18(12)22(28)29-14(3)19(26)23-13(2)15-8-5-4-6-9-15/h4-6,8-9,13-14H,7,10-11H2,1-3H3,(H,23,26)/t13-,14-/m0/s1. The third kappa shape index (κ3) is 3.63. The van der Waals surface area contributed by atoms with Crippen LogP contribution in [0.25, 0.3) is 10.2 Å². The molecule has 8 heteroatoms. The number of ether oxygens (including phenoxy) is 1. The van der Waals surface area contributed by atoms with Crippen LogP contribution in [-0.4, -0.2) is 27.5 Å². The summed E-state index contributed by atoms with van der Waals surface area (Å²) >= 11 is 1.15. The third-order valence-electron chi connectivity index (χ3n) is 5.41. The number of aryl methyl sites for hydroxylation is 2. The van der Waals surface area contributed by atoms with Gasteiger partial charge in [0.2, 0.25) is 0 Å². The molecule has 1 amide bonds. The number of esters is 1. The number of aromatic nitrogens is 2. The van der Waals surface area contributed by atoms with E-state index in [1.807, 2.05) is 37.3 Å². The molecule has 3 heterocycles. The quantitative estimate of drug-likeness (QED) is 0.634. The summed E-state index contributed by atoms with van der Waals surface area (Å²) in [6, 6.07) is 9.34. The molecule has 0 unspecified atom stereocenters. The van der Waals surface area contributed by atoms with Crippen molar-refractivity contribution < 1.29 is 14.3 Å². The van der Waals surface area contributed by atoms with Gasteiger partial charge in [0, 0.05) is 13.0 Å². The van der Waals surface area contributed by atoms with Gasteiger partial charge in [0.05, 0.1) is 11.4 Å². The van der Waals surface area contributed by atoms with E-state index in [0.717, 1.165) is 35.6 Å². The lowest BCUT2D eigenvalue weighted by molar-refractivity contribution is -0.129. The van der Waals surface area contributed by atoms with Gasteiger partial charge in [0.25, 0.3) is 11.5 Å². The molecule has 3 aromatic rings. The van der Waals surface area contributed by atoms with Crippen LogP contribution in [0.1, 0.15) is 52.9 Å². The number of nitrogens with one attached hydrogen (secondary N) is 1. The zero-order valence-corrected chi connectivity index (χ0v) is 17.9. The van der Waals surface area contributed by atoms with Gasteiger partial charge in [0.1, 0.15) is 15.5 Å². The Kier molecular flexibility index (Phi) is 5.42. The number of fused-ring (bicyclic) bond motifs is 2. The predicted molar refractivity (Wildman–Crippen MR) is 115 cm³/mol. The molecular weight excluding hydrogens is 402 g/mol. The van der Waals surface area contributed by atoms with Gasteiger partial charge in [0.15, 0.2) is 6.10 Å². The first kappa shape index (κ1) is 20.3. The molecule has 30 heavy (non-hydrogen) atoms. The number of benzene rings is 1. The Morgan fingerprint density at radius 1 is 1.23 bits per heavy atom. The SMILES string of the molecule is Cc1c(C(=O)O[C@@H](C)C(=O)N[C@@H](C)c2ccccc2)sc2nc3n(c(=O)c12)CCC3. The molecule has 1 N–H and O–H groups in total. The number of carbonyl (C=O) groups excluding carboxylic acids is 2. The summed E-state index contributed by atoms with van der Waals surface area (Å²) < 4.78 is 7.09. The van der Waals surface area contributed by atoms with Gasteiger partial charge in [-0.2, -0.15) is 0 Å². The molecular formula is C22H23N3O4S. The maximum absolute atomic E-state index is 12.8. The van der Waals surface area contributed by atoms with Crippen molar-refractivity contribution in [2.45, 2.75) is 52.3 Å². The second-order valence-electron chi connectivity index (χ2n) is 7.51. The highest BCUT2D eigenvalue weighted by atomic mass is 32.1. The topological polar surface area (TPSA) is 90.3 Å². The lowest BCUT2D eigenvalue weighted by Crippen LogP contribution is -2.37. The van der Waals surface area contributed by atoms with Gasteiger partial charge >= 0.3 is 5.97 Å². The van der Waals surface area contributed by atoms with Crippen LogP contribution < -0.4 is 10.9 Å². The molecule has 4 rings (SSSR count). The van der Waals surface area contributed by atoms with E-state index in [-0.39, 0.29) is 17.5 Å². The Labute approximate surface area is 177 Å². The monoisotopic (exact) mass is 425 g/mol. The number of carbonyl (C=O) groups is 2. The Morgan fingerprint density at radius 3 is 2.70 bits per heavy atom. The highest BCUT2D eigenvalue weighted by molar-refractivity contribution is 7.20. The van der Waals surface area contributed by atoms with E-state index in [1.165, 1.54) is 6.92 Å². The Morgan fingerprint density at radius 2 is 1.97 bits per heavy atom. The first-order valence-corrected chi connectivity index (χ1v) is 10.8. The average molecular weight is 426 g/mol. The fourth-order valence-corrected chi connectivity index (χ4v) is 4.77. The summed E-state index contributed by atoms with van der Waals surface area (Å²) in [5, 5.41) is 3.32. The van der Waals surface area contributed by atoms with Crippen molar-refractivity contribution in [2.24, 2.45) is 0 Å². The number of hydrogen-bond acceptors (Lipinski definition) is 6. The molecule has 0 saturated carbocycles. The smallest absolute Gasteiger partial charge is 0.349 e. The summed E-state index contributed by atoms with van der Waals surface area (Å²) in [4.78, 5) is 43.4. The Hall–Kier alpha value is -3.00. The van der Waals surface area contributed by atoms with Gasteiger partial charge in [-0.25, -0.2) is 9.78 Å². The number of hydrogen-bond donors (Lipinski definition) is 1. The minimum absolute atomic E-state index is 0.109. The molecule has 0 aliphatic carbocycles. The van der Waals surface area contributed by atoms with E-state index in [2.05, 4.69) is 10.3 Å². The molecule has 7 nitrogen and oxygen atoms in total. The summed E-state index contributed by atoms with van der Waals surface area (Å²) in [6.45, 7) is 5.79. The molecule has 1 aromatic carbocycles. The molecule has 156 valence electrons. The first-order chi connectivity index (χ1) is 14.4. The molecule has 0 spiro atoms. The maximum Gasteiger partial charge on any atom is 0.349 e. The highest BCUT2D eigenvalue weighted by Gasteiger charge is 2.26. The van der Waals surface area contributed by atoms with E-state index < -0.39 is 12.1 Å². The molecule has 1 aliphatic rings. The van der Waals surface area contributed by atoms with Crippen molar-refractivity contribution in [3.8, 4) is 0 Å². The van der Waals surface area contributed by atoms with Crippen molar-refractivity contribution in [2.75, 3.05) is 0 Å². The van der Waals surface area contributed by atoms with Crippen LogP contribution in [-0.2, 0) is 22.5 Å². The summed E-state index contributed by atoms with van der Waals surface area (Å²) in [7, 11) is 0. The minimum atomic E-state index is -0.965.